The second-order valence-electron chi connectivity index (χ2n) is 2.50. The van der Waals surface area contributed by atoms with Crippen LogP contribution in [0.3, 0.4) is 0 Å². The van der Waals surface area contributed by atoms with Gasteiger partial charge in [0, 0.05) is 4.75 Å². The van der Waals surface area contributed by atoms with Crippen molar-refractivity contribution in [2.24, 2.45) is 0 Å². The minimum absolute atomic E-state index is 0.0984. The molecule has 1 amide bonds. The molecule has 0 aliphatic rings. The maximum absolute atomic E-state index is 10.1. The van der Waals surface area contributed by atoms with Gasteiger partial charge in [-0.2, -0.15) is 0 Å². The molecule has 2 nitrogen and oxygen atoms in total. The number of thioether (sulfide) groups is 1. The normalized spacial score (nSPS) is 11.4. The van der Waals surface area contributed by atoms with E-state index in [1.165, 1.54) is 0 Å². The van der Waals surface area contributed by atoms with Gasteiger partial charge in [0.2, 0.25) is 0 Å². The molecule has 0 heterocycles. The van der Waals surface area contributed by atoms with Crippen molar-refractivity contribution < 1.29 is 4.79 Å². The third-order valence-electron chi connectivity index (χ3n) is 0.399. The van der Waals surface area contributed by atoms with Crippen LogP contribution in [0.15, 0.2) is 0 Å². The second-order valence-corrected chi connectivity index (χ2v) is 4.30. The van der Waals surface area contributed by atoms with Crippen LogP contribution >= 0.6 is 11.8 Å². The maximum atomic E-state index is 10.1. The van der Waals surface area contributed by atoms with Gasteiger partial charge in [0.05, 0.1) is 0 Å². The van der Waals surface area contributed by atoms with Gasteiger partial charge in [0.25, 0.3) is 5.24 Å². The van der Waals surface area contributed by atoms with Crippen LogP contribution in [0.5, 0.6) is 0 Å². The number of nitrogens with one attached hydrogen (secondary N) is 1. The summed E-state index contributed by atoms with van der Waals surface area (Å²) in [5, 5.41) is -0.558. The minimum Gasteiger partial charge on any atom is -0.260 e. The quantitative estimate of drug-likeness (QED) is 0.505. The van der Waals surface area contributed by atoms with Crippen molar-refractivity contribution in [1.29, 1.82) is 0 Å². The summed E-state index contributed by atoms with van der Waals surface area (Å²) in [6, 6.07) is 0. The van der Waals surface area contributed by atoms with Crippen LogP contribution in [0.25, 0.3) is 0 Å². The Morgan fingerprint density at radius 3 is 1.88 bits per heavy atom. The van der Waals surface area contributed by atoms with Crippen molar-refractivity contribution in [2.75, 3.05) is 0 Å². The lowest BCUT2D eigenvalue weighted by Crippen LogP contribution is -2.10. The van der Waals surface area contributed by atoms with E-state index in [2.05, 4.69) is 0 Å². The maximum Gasteiger partial charge on any atom is 0.298 e. The summed E-state index contributed by atoms with van der Waals surface area (Å²) in [6.45, 7) is 5.72. The number of carbonyl (C=O) groups is 1. The van der Waals surface area contributed by atoms with Crippen LogP contribution in [0.2, 0.25) is 0 Å². The zero-order chi connectivity index (χ0) is 6.78. The van der Waals surface area contributed by atoms with Crippen LogP contribution in [0.1, 0.15) is 20.8 Å². The fraction of sp³-hybridized carbons (Fsp3) is 0.800. The highest BCUT2D eigenvalue weighted by Crippen LogP contribution is 2.22. The lowest BCUT2D eigenvalue weighted by Gasteiger charge is -2.12. The van der Waals surface area contributed by atoms with Crippen LogP contribution in [-0.4, -0.2) is 9.99 Å². The van der Waals surface area contributed by atoms with E-state index in [0.717, 1.165) is 11.8 Å². The number of rotatable bonds is 0. The number of carbonyl (C=O) groups excluding carboxylic acids is 1. The van der Waals surface area contributed by atoms with E-state index in [4.69, 9.17) is 5.73 Å². The zero-order valence-corrected chi connectivity index (χ0v) is 6.13. The van der Waals surface area contributed by atoms with E-state index < -0.39 is 5.24 Å². The van der Waals surface area contributed by atoms with Crippen molar-refractivity contribution in [3.63, 3.8) is 0 Å². The molecular formula is C5H10NOS. The first kappa shape index (κ1) is 7.82. The van der Waals surface area contributed by atoms with Crippen molar-refractivity contribution in [1.82, 2.24) is 5.73 Å². The molecule has 0 aliphatic carbocycles. The van der Waals surface area contributed by atoms with Gasteiger partial charge < -0.3 is 0 Å². The molecule has 8 heavy (non-hydrogen) atoms. The molecule has 0 aliphatic heterocycles. The van der Waals surface area contributed by atoms with E-state index in [1.807, 2.05) is 20.8 Å². The highest BCUT2D eigenvalue weighted by Gasteiger charge is 2.13. The average Bonchev–Trinajstić information content (AvgIpc) is 1.21. The van der Waals surface area contributed by atoms with E-state index in [0.29, 0.717) is 0 Å². The largest absolute Gasteiger partial charge is 0.298 e. The number of hydrogen-bond acceptors (Lipinski definition) is 2. The summed E-state index contributed by atoms with van der Waals surface area (Å²) in [6.07, 6.45) is 0. The Bertz CT molecular complexity index is 95.1. The Morgan fingerprint density at radius 2 is 1.88 bits per heavy atom. The topological polar surface area (TPSA) is 40.9 Å². The first-order valence-electron chi connectivity index (χ1n) is 2.36. The Kier molecular flexibility index (Phi) is 2.34. The van der Waals surface area contributed by atoms with E-state index in [1.54, 1.807) is 0 Å². The van der Waals surface area contributed by atoms with Crippen LogP contribution in [-0.2, 0) is 0 Å². The molecular weight excluding hydrogens is 122 g/mol. The van der Waals surface area contributed by atoms with E-state index >= 15 is 0 Å². The number of hydrogen-bond donors (Lipinski definition) is 0. The lowest BCUT2D eigenvalue weighted by atomic mass is 10.3. The molecule has 0 unspecified atom stereocenters. The van der Waals surface area contributed by atoms with Crippen molar-refractivity contribution in [3.05, 3.63) is 0 Å². The summed E-state index contributed by atoms with van der Waals surface area (Å²) < 4.78 is -0.0984. The first-order valence-corrected chi connectivity index (χ1v) is 3.18. The second kappa shape index (κ2) is 2.40. The average molecular weight is 132 g/mol. The van der Waals surface area contributed by atoms with Crippen molar-refractivity contribution >= 4 is 17.0 Å². The Morgan fingerprint density at radius 1 is 1.50 bits per heavy atom. The molecule has 0 aromatic rings. The summed E-state index contributed by atoms with van der Waals surface area (Å²) in [7, 11) is 0. The first-order chi connectivity index (χ1) is 3.42. The monoisotopic (exact) mass is 132 g/mol. The minimum atomic E-state index is -0.558. The summed E-state index contributed by atoms with van der Waals surface area (Å²) >= 11 is 1.04. The standard InChI is InChI=1S/C5H10NOS/c1-5(2,3)8-4(6)7/h6H,1-3H3. The molecule has 0 rings (SSSR count). The van der Waals surface area contributed by atoms with Gasteiger partial charge in [0.15, 0.2) is 0 Å². The third kappa shape index (κ3) is 5.82. The summed E-state index contributed by atoms with van der Waals surface area (Å²) in [5.41, 5.74) is 6.56. The highest BCUT2D eigenvalue weighted by atomic mass is 32.2. The molecule has 3 heteroatoms. The molecule has 0 saturated carbocycles. The van der Waals surface area contributed by atoms with Gasteiger partial charge in [-0.05, 0) is 0 Å². The fourth-order valence-electron chi connectivity index (χ4n) is 0.278. The predicted molar refractivity (Wildman–Crippen MR) is 35.8 cm³/mol. The molecule has 0 atom stereocenters. The van der Waals surface area contributed by atoms with Crippen LogP contribution < -0.4 is 5.73 Å². The van der Waals surface area contributed by atoms with Crippen molar-refractivity contribution in [2.45, 2.75) is 25.5 Å². The van der Waals surface area contributed by atoms with Gasteiger partial charge >= 0.3 is 0 Å². The third-order valence-corrected chi connectivity index (χ3v) is 1.20. The van der Waals surface area contributed by atoms with Gasteiger partial charge in [-0.1, -0.05) is 32.5 Å². The summed E-state index contributed by atoms with van der Waals surface area (Å²) in [4.78, 5) is 10.1. The Balaban J connectivity index is 3.55. The molecule has 1 radical (unpaired) electrons. The smallest absolute Gasteiger partial charge is 0.260 e. The van der Waals surface area contributed by atoms with E-state index in [-0.39, 0.29) is 4.75 Å². The lowest BCUT2D eigenvalue weighted by molar-refractivity contribution is 0.266. The molecule has 0 bridgehead atoms. The van der Waals surface area contributed by atoms with Gasteiger partial charge in [-0.3, -0.25) is 10.5 Å². The predicted octanol–water partition coefficient (Wildman–Crippen LogP) is 1.92. The molecule has 0 aromatic carbocycles. The molecule has 0 fully saturated rings. The molecule has 0 spiro atoms. The van der Waals surface area contributed by atoms with Gasteiger partial charge in [-0.25, -0.2) is 0 Å². The van der Waals surface area contributed by atoms with Crippen LogP contribution in [0.4, 0.5) is 4.79 Å². The molecule has 47 valence electrons. The highest BCUT2D eigenvalue weighted by molar-refractivity contribution is 8.14. The van der Waals surface area contributed by atoms with Gasteiger partial charge in [-0.15, -0.1) is 0 Å². The van der Waals surface area contributed by atoms with Gasteiger partial charge in [0.1, 0.15) is 0 Å². The Labute approximate surface area is 53.8 Å². The number of amides is 1. The van der Waals surface area contributed by atoms with Crippen molar-refractivity contribution in [3.8, 4) is 0 Å². The summed E-state index contributed by atoms with van der Waals surface area (Å²) in [5.74, 6) is 0. The molecule has 0 aromatic heterocycles. The molecule has 1 N–H and O–H groups in total. The zero-order valence-electron chi connectivity index (χ0n) is 5.32. The Hall–Kier alpha value is -0.180. The fourth-order valence-corrected chi connectivity index (χ4v) is 0.834. The van der Waals surface area contributed by atoms with Crippen LogP contribution in [0, 0.1) is 0 Å². The molecule has 0 saturated heterocycles. The SMILES string of the molecule is CC(C)(C)SC([NH])=O. The van der Waals surface area contributed by atoms with E-state index in [9.17, 15) is 4.79 Å².